The van der Waals surface area contributed by atoms with E-state index in [1.54, 1.807) is 0 Å². The van der Waals surface area contributed by atoms with Crippen LogP contribution in [-0.4, -0.2) is 22.8 Å². The molecule has 1 fully saturated rings. The van der Waals surface area contributed by atoms with Crippen molar-refractivity contribution in [2.24, 2.45) is 11.7 Å². The third-order valence-corrected chi connectivity index (χ3v) is 3.19. The lowest BCUT2D eigenvalue weighted by molar-refractivity contribution is -0.122. The molecule has 0 aliphatic heterocycles. The molecule has 1 aliphatic carbocycles. The number of halogens is 1. The Morgan fingerprint density at radius 3 is 2.89 bits per heavy atom. The first kappa shape index (κ1) is 12.5. The molecule has 0 unspecified atom stereocenters. The molecule has 1 heterocycles. The molecule has 5 nitrogen and oxygen atoms in total. The lowest BCUT2D eigenvalue weighted by atomic mass is 10.0. The van der Waals surface area contributed by atoms with Gasteiger partial charge in [-0.1, -0.05) is 6.42 Å². The fourth-order valence-corrected chi connectivity index (χ4v) is 2.27. The van der Waals surface area contributed by atoms with Crippen molar-refractivity contribution in [1.82, 2.24) is 10.3 Å². The summed E-state index contributed by atoms with van der Waals surface area (Å²) in [6.07, 6.45) is 3.48. The molecule has 2 atom stereocenters. The van der Waals surface area contributed by atoms with E-state index in [0.717, 1.165) is 12.5 Å². The second-order valence-electron chi connectivity index (χ2n) is 4.39. The minimum absolute atomic E-state index is 0.192. The van der Waals surface area contributed by atoms with Crippen molar-refractivity contribution in [1.29, 1.82) is 0 Å². The fraction of sp³-hybridized carbons (Fsp3) is 0.417. The topological polar surface area (TPSA) is 85.1 Å². The molecule has 1 aliphatic rings. The molecular weight excluding hydrogens is 237 g/mol. The molecule has 0 radical (unpaired) electrons. The normalized spacial score (nSPS) is 22.7. The Balaban J connectivity index is 2.05. The largest absolute Gasteiger partial charge is 0.369 e. The van der Waals surface area contributed by atoms with E-state index < -0.39 is 17.8 Å². The molecule has 0 spiro atoms. The molecule has 2 amide bonds. The monoisotopic (exact) mass is 251 g/mol. The van der Waals surface area contributed by atoms with Crippen molar-refractivity contribution in [2.75, 3.05) is 0 Å². The highest BCUT2D eigenvalue weighted by molar-refractivity contribution is 5.94. The number of aromatic nitrogens is 1. The van der Waals surface area contributed by atoms with Crippen LogP contribution in [0.5, 0.6) is 0 Å². The van der Waals surface area contributed by atoms with Crippen LogP contribution in [0.2, 0.25) is 0 Å². The Bertz CT molecular complexity index is 478. The van der Waals surface area contributed by atoms with Crippen LogP contribution >= 0.6 is 0 Å². The van der Waals surface area contributed by atoms with Crippen LogP contribution in [0.25, 0.3) is 0 Å². The lowest BCUT2D eigenvalue weighted by Gasteiger charge is -2.18. The van der Waals surface area contributed by atoms with Gasteiger partial charge in [-0.15, -0.1) is 0 Å². The molecular formula is C12H14FN3O2. The van der Waals surface area contributed by atoms with Crippen LogP contribution in [0.3, 0.4) is 0 Å². The first-order valence-electron chi connectivity index (χ1n) is 5.79. The summed E-state index contributed by atoms with van der Waals surface area (Å²) in [5.41, 5.74) is 5.46. The predicted octanol–water partition coefficient (Wildman–Crippen LogP) is 0.604. The quantitative estimate of drug-likeness (QED) is 0.771. The van der Waals surface area contributed by atoms with Crippen LogP contribution in [0, 0.1) is 11.9 Å². The zero-order valence-corrected chi connectivity index (χ0v) is 9.73. The number of rotatable bonds is 3. The zero-order valence-electron chi connectivity index (χ0n) is 9.73. The second-order valence-corrected chi connectivity index (χ2v) is 4.39. The zero-order chi connectivity index (χ0) is 13.1. The van der Waals surface area contributed by atoms with Gasteiger partial charge in [0.25, 0.3) is 5.91 Å². The SMILES string of the molecule is NC(=O)[C@@H]1CCC[C@H]1NC(=O)c1ccnc(F)c1. The smallest absolute Gasteiger partial charge is 0.251 e. The summed E-state index contributed by atoms with van der Waals surface area (Å²) in [5.74, 6) is -1.85. The van der Waals surface area contributed by atoms with Gasteiger partial charge in [0, 0.05) is 23.9 Å². The Labute approximate surface area is 104 Å². The van der Waals surface area contributed by atoms with Crippen molar-refractivity contribution >= 4 is 11.8 Å². The van der Waals surface area contributed by atoms with E-state index in [-0.39, 0.29) is 17.5 Å². The van der Waals surface area contributed by atoms with Gasteiger partial charge in [-0.05, 0) is 18.9 Å². The maximum Gasteiger partial charge on any atom is 0.251 e. The molecule has 3 N–H and O–H groups in total. The number of nitrogens with two attached hydrogens (primary N) is 1. The predicted molar refractivity (Wildman–Crippen MR) is 62.0 cm³/mol. The summed E-state index contributed by atoms with van der Waals surface area (Å²) in [5, 5.41) is 2.72. The number of nitrogens with one attached hydrogen (secondary N) is 1. The van der Waals surface area contributed by atoms with Crippen molar-refractivity contribution < 1.29 is 14.0 Å². The van der Waals surface area contributed by atoms with E-state index in [9.17, 15) is 14.0 Å². The van der Waals surface area contributed by atoms with Crippen molar-refractivity contribution in [2.45, 2.75) is 25.3 Å². The van der Waals surface area contributed by atoms with Crippen LogP contribution in [0.4, 0.5) is 4.39 Å². The number of hydrogen-bond donors (Lipinski definition) is 2. The van der Waals surface area contributed by atoms with Crippen LogP contribution in [-0.2, 0) is 4.79 Å². The van der Waals surface area contributed by atoms with Crippen LogP contribution < -0.4 is 11.1 Å². The van der Waals surface area contributed by atoms with E-state index in [0.29, 0.717) is 12.8 Å². The van der Waals surface area contributed by atoms with Crippen molar-refractivity contribution in [3.8, 4) is 0 Å². The summed E-state index contributed by atoms with van der Waals surface area (Å²) >= 11 is 0. The Hall–Kier alpha value is -1.98. The highest BCUT2D eigenvalue weighted by Gasteiger charge is 2.32. The van der Waals surface area contributed by atoms with Crippen molar-refractivity contribution in [3.05, 3.63) is 29.8 Å². The average molecular weight is 251 g/mol. The second kappa shape index (κ2) is 5.12. The van der Waals surface area contributed by atoms with Gasteiger partial charge in [-0.3, -0.25) is 9.59 Å². The maximum absolute atomic E-state index is 12.9. The van der Waals surface area contributed by atoms with Gasteiger partial charge in [-0.25, -0.2) is 4.98 Å². The lowest BCUT2D eigenvalue weighted by Crippen LogP contribution is -2.42. The molecule has 1 aromatic rings. The minimum atomic E-state index is -0.708. The molecule has 6 heteroatoms. The summed E-state index contributed by atoms with van der Waals surface area (Å²) in [6, 6.07) is 2.22. The summed E-state index contributed by atoms with van der Waals surface area (Å²) in [6.45, 7) is 0. The molecule has 1 saturated carbocycles. The first-order chi connectivity index (χ1) is 8.58. The van der Waals surface area contributed by atoms with E-state index in [4.69, 9.17) is 5.73 Å². The number of primary amides is 1. The standard InChI is InChI=1S/C12H14FN3O2/c13-10-6-7(4-5-15-10)12(18)16-9-3-1-2-8(9)11(14)17/h4-6,8-9H,1-3H2,(H2,14,17)(H,16,18)/t8-,9-/m1/s1. The molecule has 96 valence electrons. The Kier molecular flexibility index (Phi) is 3.55. The number of carbonyl (C=O) groups excluding carboxylic acids is 2. The number of nitrogens with zero attached hydrogens (tertiary/aromatic N) is 1. The molecule has 18 heavy (non-hydrogen) atoms. The van der Waals surface area contributed by atoms with Gasteiger partial charge in [0.05, 0.1) is 5.92 Å². The first-order valence-corrected chi connectivity index (χ1v) is 5.79. The van der Waals surface area contributed by atoms with Gasteiger partial charge in [-0.2, -0.15) is 4.39 Å². The van der Waals surface area contributed by atoms with Gasteiger partial charge >= 0.3 is 0 Å². The summed E-state index contributed by atoms with van der Waals surface area (Å²) in [7, 11) is 0. The fourth-order valence-electron chi connectivity index (χ4n) is 2.27. The Morgan fingerprint density at radius 1 is 1.44 bits per heavy atom. The van der Waals surface area contributed by atoms with Gasteiger partial charge < -0.3 is 11.1 Å². The third kappa shape index (κ3) is 2.64. The van der Waals surface area contributed by atoms with Crippen LogP contribution in [0.15, 0.2) is 18.3 Å². The van der Waals surface area contributed by atoms with E-state index in [2.05, 4.69) is 10.3 Å². The van der Waals surface area contributed by atoms with E-state index >= 15 is 0 Å². The molecule has 0 saturated heterocycles. The number of hydrogen-bond acceptors (Lipinski definition) is 3. The molecule has 0 aromatic carbocycles. The highest BCUT2D eigenvalue weighted by Crippen LogP contribution is 2.25. The average Bonchev–Trinajstić information content (AvgIpc) is 2.77. The van der Waals surface area contributed by atoms with Gasteiger partial charge in [0.15, 0.2) is 0 Å². The van der Waals surface area contributed by atoms with Gasteiger partial charge in [0.2, 0.25) is 11.9 Å². The van der Waals surface area contributed by atoms with E-state index in [1.807, 2.05) is 0 Å². The number of amides is 2. The highest BCUT2D eigenvalue weighted by atomic mass is 19.1. The van der Waals surface area contributed by atoms with Crippen LogP contribution in [0.1, 0.15) is 29.6 Å². The number of carbonyl (C=O) groups is 2. The minimum Gasteiger partial charge on any atom is -0.369 e. The summed E-state index contributed by atoms with van der Waals surface area (Å²) in [4.78, 5) is 26.4. The third-order valence-electron chi connectivity index (χ3n) is 3.19. The summed E-state index contributed by atoms with van der Waals surface area (Å²) < 4.78 is 12.9. The molecule has 2 rings (SSSR count). The van der Waals surface area contributed by atoms with Crippen molar-refractivity contribution in [3.63, 3.8) is 0 Å². The van der Waals surface area contributed by atoms with Gasteiger partial charge in [0.1, 0.15) is 0 Å². The van der Waals surface area contributed by atoms with E-state index in [1.165, 1.54) is 12.3 Å². The Morgan fingerprint density at radius 2 is 2.22 bits per heavy atom. The molecule has 0 bridgehead atoms. The maximum atomic E-state index is 12.9. The molecule has 1 aromatic heterocycles. The number of pyridine rings is 1.